The molecule has 0 radical (unpaired) electrons. The fraction of sp³-hybridized carbons (Fsp3) is 0.190. The normalized spacial score (nSPS) is 15.4. The van der Waals surface area contributed by atoms with Crippen molar-refractivity contribution in [1.82, 2.24) is 4.90 Å². The number of thioether (sulfide) groups is 1. The number of aryl methyl sites for hydroxylation is 1. The zero-order chi connectivity index (χ0) is 20.1. The fourth-order valence-corrected chi connectivity index (χ4v) is 4.01. The number of carbonyl (C=O) groups is 2. The summed E-state index contributed by atoms with van der Waals surface area (Å²) in [6.45, 7) is 2.27. The molecule has 1 fully saturated rings. The van der Waals surface area contributed by atoms with Gasteiger partial charge in [-0.2, -0.15) is 0 Å². The summed E-state index contributed by atoms with van der Waals surface area (Å²) in [5.41, 5.74) is 2.54. The number of amides is 2. The molecule has 0 saturated carbocycles. The number of thiocarbonyl (C=S) groups is 1. The Morgan fingerprint density at radius 1 is 1.25 bits per heavy atom. The predicted molar refractivity (Wildman–Crippen MR) is 115 cm³/mol. The van der Waals surface area contributed by atoms with Crippen molar-refractivity contribution in [3.63, 3.8) is 0 Å². The molecule has 2 aromatic rings. The average Bonchev–Trinajstić information content (AvgIpc) is 2.93. The second-order valence-corrected chi connectivity index (χ2v) is 7.91. The van der Waals surface area contributed by atoms with Crippen molar-refractivity contribution < 1.29 is 14.0 Å². The Labute approximate surface area is 172 Å². The van der Waals surface area contributed by atoms with Crippen LogP contribution in [-0.4, -0.2) is 27.6 Å². The lowest BCUT2D eigenvalue weighted by Gasteiger charge is -2.14. The highest BCUT2D eigenvalue weighted by Crippen LogP contribution is 2.32. The van der Waals surface area contributed by atoms with Crippen LogP contribution in [0.3, 0.4) is 0 Å². The molecule has 1 aliphatic heterocycles. The third-order valence-electron chi connectivity index (χ3n) is 4.23. The molecular weight excluding hydrogens is 395 g/mol. The van der Waals surface area contributed by atoms with Crippen molar-refractivity contribution in [3.05, 3.63) is 70.4 Å². The third kappa shape index (κ3) is 5.05. The van der Waals surface area contributed by atoms with E-state index in [0.717, 1.165) is 12.0 Å². The number of nitrogens with one attached hydrogen (secondary N) is 1. The molecule has 0 unspecified atom stereocenters. The van der Waals surface area contributed by atoms with Gasteiger partial charge in [-0.05, 0) is 41.8 Å². The van der Waals surface area contributed by atoms with Gasteiger partial charge in [0, 0.05) is 18.7 Å². The summed E-state index contributed by atoms with van der Waals surface area (Å²) in [6.07, 6.45) is 2.84. The molecule has 0 aliphatic carbocycles. The van der Waals surface area contributed by atoms with Crippen LogP contribution in [0.1, 0.15) is 24.5 Å². The lowest BCUT2D eigenvalue weighted by Crippen LogP contribution is -2.31. The molecule has 0 atom stereocenters. The van der Waals surface area contributed by atoms with E-state index in [2.05, 4.69) is 12.2 Å². The zero-order valence-corrected chi connectivity index (χ0v) is 16.9. The Balaban J connectivity index is 1.60. The molecule has 0 bridgehead atoms. The maximum atomic E-state index is 13.2. The second-order valence-electron chi connectivity index (χ2n) is 6.24. The molecule has 3 rings (SSSR count). The number of rotatable bonds is 6. The van der Waals surface area contributed by atoms with Crippen LogP contribution in [-0.2, 0) is 16.0 Å². The maximum absolute atomic E-state index is 13.2. The molecule has 144 valence electrons. The Bertz CT molecular complexity index is 942. The van der Waals surface area contributed by atoms with Crippen LogP contribution in [0.5, 0.6) is 0 Å². The van der Waals surface area contributed by atoms with Gasteiger partial charge < -0.3 is 5.32 Å². The van der Waals surface area contributed by atoms with E-state index in [1.54, 1.807) is 6.07 Å². The smallest absolute Gasteiger partial charge is 0.266 e. The van der Waals surface area contributed by atoms with Crippen molar-refractivity contribution >= 4 is 51.9 Å². The van der Waals surface area contributed by atoms with Crippen LogP contribution < -0.4 is 5.32 Å². The van der Waals surface area contributed by atoms with E-state index in [1.807, 2.05) is 30.3 Å². The summed E-state index contributed by atoms with van der Waals surface area (Å²) in [5, 5.41) is 2.62. The van der Waals surface area contributed by atoms with Crippen LogP contribution in [0.2, 0.25) is 0 Å². The van der Waals surface area contributed by atoms with E-state index in [0.29, 0.717) is 14.9 Å². The standard InChI is InChI=1S/C21H19FN2O2S2/c1-2-14-6-8-15(9-7-14)12-18-20(26)24(21(27)28-18)11-10-19(25)23-17-5-3-4-16(22)13-17/h3-9,12-13H,2,10-11H2,1H3,(H,23,25). The van der Waals surface area contributed by atoms with E-state index in [4.69, 9.17) is 12.2 Å². The molecule has 7 heteroatoms. The highest BCUT2D eigenvalue weighted by Gasteiger charge is 2.32. The number of benzene rings is 2. The Morgan fingerprint density at radius 3 is 2.68 bits per heavy atom. The first-order valence-corrected chi connectivity index (χ1v) is 10.1. The molecule has 0 spiro atoms. The van der Waals surface area contributed by atoms with Crippen LogP contribution in [0, 0.1) is 5.82 Å². The molecule has 1 N–H and O–H groups in total. The van der Waals surface area contributed by atoms with E-state index in [9.17, 15) is 14.0 Å². The van der Waals surface area contributed by atoms with Gasteiger partial charge in [0.15, 0.2) is 0 Å². The summed E-state index contributed by atoms with van der Waals surface area (Å²) in [6, 6.07) is 13.7. The molecular formula is C21H19FN2O2S2. The molecule has 2 amide bonds. The summed E-state index contributed by atoms with van der Waals surface area (Å²) in [4.78, 5) is 26.7. The Morgan fingerprint density at radius 2 is 2.00 bits per heavy atom. The van der Waals surface area contributed by atoms with Gasteiger partial charge in [-0.3, -0.25) is 14.5 Å². The Hall–Kier alpha value is -2.51. The molecule has 2 aromatic carbocycles. The minimum absolute atomic E-state index is 0.0709. The first kappa shape index (κ1) is 20.2. The molecule has 1 saturated heterocycles. The van der Waals surface area contributed by atoms with Gasteiger partial charge in [-0.15, -0.1) is 0 Å². The number of hydrogen-bond donors (Lipinski definition) is 1. The molecule has 4 nitrogen and oxygen atoms in total. The monoisotopic (exact) mass is 414 g/mol. The number of halogens is 1. The summed E-state index contributed by atoms with van der Waals surface area (Å²) in [7, 11) is 0. The number of carbonyl (C=O) groups excluding carboxylic acids is 2. The summed E-state index contributed by atoms with van der Waals surface area (Å²) < 4.78 is 13.6. The minimum Gasteiger partial charge on any atom is -0.326 e. The van der Waals surface area contributed by atoms with Crippen molar-refractivity contribution in [1.29, 1.82) is 0 Å². The van der Waals surface area contributed by atoms with Gasteiger partial charge in [0.1, 0.15) is 10.1 Å². The van der Waals surface area contributed by atoms with Gasteiger partial charge in [0.2, 0.25) is 5.91 Å². The first-order valence-electron chi connectivity index (χ1n) is 8.86. The summed E-state index contributed by atoms with van der Waals surface area (Å²) >= 11 is 6.53. The van der Waals surface area contributed by atoms with Crippen molar-refractivity contribution in [3.8, 4) is 0 Å². The van der Waals surface area contributed by atoms with Crippen molar-refractivity contribution in [2.75, 3.05) is 11.9 Å². The highest BCUT2D eigenvalue weighted by molar-refractivity contribution is 8.26. The fourth-order valence-electron chi connectivity index (χ4n) is 2.70. The van der Waals surface area contributed by atoms with E-state index < -0.39 is 5.82 Å². The number of anilines is 1. The van der Waals surface area contributed by atoms with Crippen molar-refractivity contribution in [2.45, 2.75) is 19.8 Å². The molecule has 28 heavy (non-hydrogen) atoms. The number of hydrogen-bond acceptors (Lipinski definition) is 4. The third-order valence-corrected chi connectivity index (χ3v) is 5.61. The minimum atomic E-state index is -0.424. The van der Waals surface area contributed by atoms with Crippen molar-refractivity contribution in [2.24, 2.45) is 0 Å². The molecule has 1 aliphatic rings. The van der Waals surface area contributed by atoms with Gasteiger partial charge >= 0.3 is 0 Å². The Kier molecular flexibility index (Phi) is 6.59. The van der Waals surface area contributed by atoms with Crippen LogP contribution in [0.15, 0.2) is 53.4 Å². The summed E-state index contributed by atoms with van der Waals surface area (Å²) in [5.74, 6) is -0.932. The van der Waals surface area contributed by atoms with Crippen LogP contribution >= 0.6 is 24.0 Å². The van der Waals surface area contributed by atoms with Gasteiger partial charge in [0.25, 0.3) is 5.91 Å². The molecule has 0 aromatic heterocycles. The van der Waals surface area contributed by atoms with Crippen LogP contribution in [0.25, 0.3) is 6.08 Å². The quantitative estimate of drug-likeness (QED) is 0.554. The second kappa shape index (κ2) is 9.12. The van der Waals surface area contributed by atoms with Gasteiger partial charge in [-0.1, -0.05) is 61.2 Å². The zero-order valence-electron chi connectivity index (χ0n) is 15.3. The van der Waals surface area contributed by atoms with Gasteiger partial charge in [-0.25, -0.2) is 4.39 Å². The SMILES string of the molecule is CCc1ccc(C=C2SC(=S)N(CCC(=O)Nc3cccc(F)c3)C2=O)cc1. The van der Waals surface area contributed by atoms with Gasteiger partial charge in [0.05, 0.1) is 4.91 Å². The predicted octanol–water partition coefficient (Wildman–Crippen LogP) is 4.62. The van der Waals surface area contributed by atoms with E-state index in [-0.39, 0.29) is 24.8 Å². The van der Waals surface area contributed by atoms with E-state index >= 15 is 0 Å². The number of nitrogens with zero attached hydrogens (tertiary/aromatic N) is 1. The molecule has 1 heterocycles. The van der Waals surface area contributed by atoms with Crippen LogP contribution in [0.4, 0.5) is 10.1 Å². The lowest BCUT2D eigenvalue weighted by molar-refractivity contribution is -0.122. The first-order chi connectivity index (χ1) is 13.5. The maximum Gasteiger partial charge on any atom is 0.266 e. The largest absolute Gasteiger partial charge is 0.326 e. The topological polar surface area (TPSA) is 49.4 Å². The highest BCUT2D eigenvalue weighted by atomic mass is 32.2. The lowest BCUT2D eigenvalue weighted by atomic mass is 10.1. The van der Waals surface area contributed by atoms with E-state index in [1.165, 1.54) is 40.4 Å². The average molecular weight is 415 g/mol.